The van der Waals surface area contributed by atoms with E-state index in [4.69, 9.17) is 21.1 Å². The first kappa shape index (κ1) is 17.2. The summed E-state index contributed by atoms with van der Waals surface area (Å²) in [4.78, 5) is 4.16. The van der Waals surface area contributed by atoms with Crippen LogP contribution in [0.1, 0.15) is 33.3 Å². The summed E-state index contributed by atoms with van der Waals surface area (Å²) in [7, 11) is 0. The Morgan fingerprint density at radius 1 is 1.25 bits per heavy atom. The molecule has 4 nitrogen and oxygen atoms in total. The fourth-order valence-electron chi connectivity index (χ4n) is 1.51. The Morgan fingerprint density at radius 2 is 2.00 bits per heavy atom. The number of nitrogens with one attached hydrogen (secondary N) is 1. The molecule has 0 aromatic carbocycles. The lowest BCUT2D eigenvalue weighted by Gasteiger charge is -2.12. The van der Waals surface area contributed by atoms with Gasteiger partial charge >= 0.3 is 0 Å². The van der Waals surface area contributed by atoms with Crippen molar-refractivity contribution in [1.82, 2.24) is 10.3 Å². The van der Waals surface area contributed by atoms with E-state index in [9.17, 15) is 0 Å². The van der Waals surface area contributed by atoms with Crippen molar-refractivity contribution in [3.05, 3.63) is 22.8 Å². The molecule has 0 unspecified atom stereocenters. The van der Waals surface area contributed by atoms with E-state index in [-0.39, 0.29) is 0 Å². The largest absolute Gasteiger partial charge is 0.475 e. The molecule has 1 aromatic heterocycles. The second-order valence-corrected chi connectivity index (χ2v) is 5.87. The van der Waals surface area contributed by atoms with E-state index in [1.54, 1.807) is 6.20 Å². The van der Waals surface area contributed by atoms with Gasteiger partial charge in [-0.25, -0.2) is 4.98 Å². The van der Waals surface area contributed by atoms with Crippen LogP contribution in [0.3, 0.4) is 0 Å². The summed E-state index contributed by atoms with van der Waals surface area (Å²) in [6, 6.07) is 2.29. The monoisotopic (exact) mass is 300 g/mol. The quantitative estimate of drug-likeness (QED) is 0.711. The molecule has 1 rings (SSSR count). The Bertz CT molecular complexity index is 397. The van der Waals surface area contributed by atoms with Crippen molar-refractivity contribution in [2.75, 3.05) is 19.8 Å². The minimum absolute atomic E-state index is 0.410. The van der Waals surface area contributed by atoms with Gasteiger partial charge in [-0.3, -0.25) is 0 Å². The van der Waals surface area contributed by atoms with E-state index >= 15 is 0 Å². The highest BCUT2D eigenvalue weighted by Gasteiger charge is 2.05. The first-order valence-corrected chi connectivity index (χ1v) is 7.45. The molecule has 0 atom stereocenters. The normalized spacial score (nSPS) is 11.3. The predicted molar refractivity (Wildman–Crippen MR) is 82.4 cm³/mol. The molecule has 0 fully saturated rings. The van der Waals surface area contributed by atoms with Crippen LogP contribution in [-0.2, 0) is 11.3 Å². The summed E-state index contributed by atoms with van der Waals surface area (Å²) >= 11 is 6.12. The topological polar surface area (TPSA) is 43.4 Å². The zero-order valence-electron chi connectivity index (χ0n) is 12.8. The lowest BCUT2D eigenvalue weighted by molar-refractivity contribution is 0.0806. The molecular formula is C15H25ClN2O2. The van der Waals surface area contributed by atoms with Crippen molar-refractivity contribution in [2.45, 2.75) is 40.3 Å². The average molecular weight is 301 g/mol. The molecule has 1 N–H and O–H groups in total. The van der Waals surface area contributed by atoms with Gasteiger partial charge in [0.2, 0.25) is 5.88 Å². The van der Waals surface area contributed by atoms with Crippen LogP contribution in [0.5, 0.6) is 5.88 Å². The molecule has 0 saturated heterocycles. The standard InChI is InChI=1S/C15H25ClN2O2/c1-11(2)10-19-5-6-20-15-7-13(8-17-12(3)4)14(16)9-18-15/h7,9,11-12,17H,5-6,8,10H2,1-4H3. The van der Waals surface area contributed by atoms with Crippen LogP contribution >= 0.6 is 11.6 Å². The van der Waals surface area contributed by atoms with Gasteiger partial charge < -0.3 is 14.8 Å². The van der Waals surface area contributed by atoms with Crippen molar-refractivity contribution in [3.63, 3.8) is 0 Å². The molecule has 0 saturated carbocycles. The first-order valence-electron chi connectivity index (χ1n) is 7.07. The van der Waals surface area contributed by atoms with Crippen molar-refractivity contribution < 1.29 is 9.47 Å². The van der Waals surface area contributed by atoms with Gasteiger partial charge in [0.05, 0.1) is 11.6 Å². The van der Waals surface area contributed by atoms with E-state index in [1.165, 1.54) is 0 Å². The van der Waals surface area contributed by atoms with E-state index in [2.05, 4.69) is 38.0 Å². The zero-order chi connectivity index (χ0) is 15.0. The van der Waals surface area contributed by atoms with Gasteiger partial charge in [-0.2, -0.15) is 0 Å². The van der Waals surface area contributed by atoms with Crippen LogP contribution in [0.15, 0.2) is 12.3 Å². The molecule has 1 aromatic rings. The smallest absolute Gasteiger partial charge is 0.213 e. The minimum Gasteiger partial charge on any atom is -0.475 e. The third-order valence-electron chi connectivity index (χ3n) is 2.54. The second-order valence-electron chi connectivity index (χ2n) is 5.47. The zero-order valence-corrected chi connectivity index (χ0v) is 13.5. The Labute approximate surface area is 126 Å². The van der Waals surface area contributed by atoms with Crippen molar-refractivity contribution in [3.8, 4) is 5.88 Å². The van der Waals surface area contributed by atoms with Crippen LogP contribution < -0.4 is 10.1 Å². The molecule has 1 heterocycles. The molecule has 0 bridgehead atoms. The van der Waals surface area contributed by atoms with Gasteiger partial charge in [-0.05, 0) is 11.5 Å². The fourth-order valence-corrected chi connectivity index (χ4v) is 1.68. The maximum absolute atomic E-state index is 6.12. The SMILES string of the molecule is CC(C)COCCOc1cc(CNC(C)C)c(Cl)cn1. The first-order chi connectivity index (χ1) is 9.49. The number of pyridine rings is 1. The minimum atomic E-state index is 0.410. The molecule has 0 aliphatic rings. The highest BCUT2D eigenvalue weighted by molar-refractivity contribution is 6.31. The fraction of sp³-hybridized carbons (Fsp3) is 0.667. The molecule has 0 amide bonds. The Hall–Kier alpha value is -0.840. The molecular weight excluding hydrogens is 276 g/mol. The lowest BCUT2D eigenvalue weighted by atomic mass is 10.2. The summed E-state index contributed by atoms with van der Waals surface area (Å²) in [6.07, 6.45) is 1.63. The van der Waals surface area contributed by atoms with Crippen molar-refractivity contribution in [2.24, 2.45) is 5.92 Å². The van der Waals surface area contributed by atoms with Crippen molar-refractivity contribution in [1.29, 1.82) is 0 Å². The number of rotatable bonds is 9. The second kappa shape index (κ2) is 9.16. The van der Waals surface area contributed by atoms with Crippen LogP contribution in [0, 0.1) is 5.92 Å². The molecule has 0 aliphatic heterocycles. The molecule has 0 aliphatic carbocycles. The van der Waals surface area contributed by atoms with E-state index in [0.29, 0.717) is 42.6 Å². The van der Waals surface area contributed by atoms with Gasteiger partial charge in [0.25, 0.3) is 0 Å². The van der Waals surface area contributed by atoms with Crippen molar-refractivity contribution >= 4 is 11.6 Å². The molecule has 0 radical (unpaired) electrons. The molecule has 5 heteroatoms. The summed E-state index contributed by atoms with van der Waals surface area (Å²) < 4.78 is 11.0. The van der Waals surface area contributed by atoms with Gasteiger partial charge in [0, 0.05) is 31.5 Å². The number of aromatic nitrogens is 1. The van der Waals surface area contributed by atoms with E-state index < -0.39 is 0 Å². The van der Waals surface area contributed by atoms with E-state index in [1.807, 2.05) is 6.07 Å². The molecule has 114 valence electrons. The molecule has 0 spiro atoms. The van der Waals surface area contributed by atoms with Gasteiger partial charge in [0.1, 0.15) is 6.61 Å². The van der Waals surface area contributed by atoms with Gasteiger partial charge in [-0.15, -0.1) is 0 Å². The third-order valence-corrected chi connectivity index (χ3v) is 2.88. The molecule has 20 heavy (non-hydrogen) atoms. The van der Waals surface area contributed by atoms with E-state index in [0.717, 1.165) is 12.2 Å². The number of nitrogens with zero attached hydrogens (tertiary/aromatic N) is 1. The number of halogens is 1. The Kier molecular flexibility index (Phi) is 7.88. The van der Waals surface area contributed by atoms with Crippen LogP contribution in [-0.4, -0.2) is 30.8 Å². The maximum atomic E-state index is 6.12. The lowest BCUT2D eigenvalue weighted by Crippen LogP contribution is -2.22. The Morgan fingerprint density at radius 3 is 2.65 bits per heavy atom. The van der Waals surface area contributed by atoms with Crippen LogP contribution in [0.25, 0.3) is 0 Å². The highest BCUT2D eigenvalue weighted by Crippen LogP contribution is 2.19. The average Bonchev–Trinajstić information content (AvgIpc) is 2.38. The maximum Gasteiger partial charge on any atom is 0.213 e. The summed E-state index contributed by atoms with van der Waals surface area (Å²) in [5, 5.41) is 3.98. The number of hydrogen-bond acceptors (Lipinski definition) is 4. The third kappa shape index (κ3) is 7.08. The number of hydrogen-bond donors (Lipinski definition) is 1. The number of ether oxygens (including phenoxy) is 2. The summed E-state index contributed by atoms with van der Waals surface area (Å²) in [5.74, 6) is 1.13. The summed E-state index contributed by atoms with van der Waals surface area (Å²) in [5.41, 5.74) is 0.994. The highest BCUT2D eigenvalue weighted by atomic mass is 35.5. The summed E-state index contributed by atoms with van der Waals surface area (Å²) in [6.45, 7) is 11.0. The Balaban J connectivity index is 2.40. The van der Waals surface area contributed by atoms with Gasteiger partial charge in [-0.1, -0.05) is 39.3 Å². The van der Waals surface area contributed by atoms with Crippen LogP contribution in [0.4, 0.5) is 0 Å². The van der Waals surface area contributed by atoms with Gasteiger partial charge in [0.15, 0.2) is 0 Å². The van der Waals surface area contributed by atoms with Crippen LogP contribution in [0.2, 0.25) is 5.02 Å². The predicted octanol–water partition coefficient (Wildman–Crippen LogP) is 3.28.